The lowest BCUT2D eigenvalue weighted by Crippen LogP contribution is -2.27. The van der Waals surface area contributed by atoms with E-state index in [1.807, 2.05) is 31.2 Å². The van der Waals surface area contributed by atoms with Crippen molar-refractivity contribution in [3.05, 3.63) is 82.0 Å². The molecule has 1 saturated heterocycles. The molecule has 0 unspecified atom stereocenters. The number of amides is 1. The molecule has 7 nitrogen and oxygen atoms in total. The van der Waals surface area contributed by atoms with Crippen LogP contribution in [0.2, 0.25) is 0 Å². The number of rotatable bonds is 5. The predicted octanol–water partition coefficient (Wildman–Crippen LogP) is 5.06. The highest BCUT2D eigenvalue weighted by Crippen LogP contribution is 2.36. The van der Waals surface area contributed by atoms with Crippen molar-refractivity contribution in [2.45, 2.75) is 6.92 Å². The number of hydrogen-bond acceptors (Lipinski definition) is 6. The molecule has 1 aliphatic heterocycles. The Balaban J connectivity index is 1.64. The van der Waals surface area contributed by atoms with Gasteiger partial charge in [-0.1, -0.05) is 41.7 Å². The van der Waals surface area contributed by atoms with E-state index >= 15 is 0 Å². The zero-order chi connectivity index (χ0) is 23.0. The number of nitrogens with zero attached hydrogens (tertiary/aromatic N) is 1. The molecule has 1 aromatic heterocycles. The second-order valence-corrected chi connectivity index (χ2v) is 8.64. The van der Waals surface area contributed by atoms with Crippen LogP contribution in [0.5, 0.6) is 0 Å². The number of carbonyl (C=O) groups is 3. The van der Waals surface area contributed by atoms with Gasteiger partial charge in [-0.3, -0.25) is 9.69 Å². The average molecular weight is 466 g/mol. The molecule has 2 heterocycles. The van der Waals surface area contributed by atoms with Crippen molar-refractivity contribution in [2.75, 3.05) is 4.90 Å². The van der Waals surface area contributed by atoms with Gasteiger partial charge in [0.1, 0.15) is 11.5 Å². The first-order valence-electron chi connectivity index (χ1n) is 9.29. The van der Waals surface area contributed by atoms with Crippen molar-refractivity contribution in [3.8, 4) is 11.3 Å². The largest absolute Gasteiger partial charge is 0.478 e. The van der Waals surface area contributed by atoms with Gasteiger partial charge in [0.2, 0.25) is 0 Å². The fourth-order valence-corrected chi connectivity index (χ4v) is 4.39. The second kappa shape index (κ2) is 8.45. The molecule has 0 atom stereocenters. The lowest BCUT2D eigenvalue weighted by atomic mass is 10.0. The first kappa shape index (κ1) is 21.5. The minimum atomic E-state index is -1.25. The van der Waals surface area contributed by atoms with Crippen molar-refractivity contribution < 1.29 is 29.0 Å². The summed E-state index contributed by atoms with van der Waals surface area (Å²) in [5, 5.41) is 18.5. The molecule has 2 aromatic carbocycles. The maximum absolute atomic E-state index is 12.9. The molecule has 160 valence electrons. The third-order valence-corrected chi connectivity index (χ3v) is 6.00. The standard InChI is InChI=1S/C23H15NO6S2/c1-12-2-4-16(5-3-12)24-20(25)19(32-23(24)31)11-17-6-7-18(30-17)13-8-14(21(26)27)10-15(9-13)22(28)29/h2-11H,1H3,(H,26,27)(H,28,29)/b19-11-. The molecule has 0 bridgehead atoms. The Morgan fingerprint density at radius 1 is 1.00 bits per heavy atom. The van der Waals surface area contributed by atoms with Crippen LogP contribution in [0, 0.1) is 6.92 Å². The number of aromatic carboxylic acids is 2. The quantitative estimate of drug-likeness (QED) is 0.398. The summed E-state index contributed by atoms with van der Waals surface area (Å²) in [4.78, 5) is 37.4. The van der Waals surface area contributed by atoms with E-state index < -0.39 is 11.9 Å². The number of carboxylic acids is 2. The predicted molar refractivity (Wildman–Crippen MR) is 125 cm³/mol. The van der Waals surface area contributed by atoms with Crippen molar-refractivity contribution in [1.82, 2.24) is 0 Å². The molecule has 3 aromatic rings. The molecular weight excluding hydrogens is 450 g/mol. The molecule has 0 aliphatic carbocycles. The summed E-state index contributed by atoms with van der Waals surface area (Å²) in [6.07, 6.45) is 1.55. The van der Waals surface area contributed by atoms with Crippen molar-refractivity contribution >= 4 is 57.9 Å². The van der Waals surface area contributed by atoms with Crippen LogP contribution in [0.25, 0.3) is 17.4 Å². The number of anilines is 1. The van der Waals surface area contributed by atoms with Gasteiger partial charge in [0, 0.05) is 11.6 Å². The van der Waals surface area contributed by atoms with Crippen molar-refractivity contribution in [3.63, 3.8) is 0 Å². The smallest absolute Gasteiger partial charge is 0.335 e. The van der Waals surface area contributed by atoms with E-state index in [2.05, 4.69) is 0 Å². The zero-order valence-electron chi connectivity index (χ0n) is 16.6. The minimum Gasteiger partial charge on any atom is -0.478 e. The topological polar surface area (TPSA) is 108 Å². The van der Waals surface area contributed by atoms with E-state index in [-0.39, 0.29) is 22.8 Å². The van der Waals surface area contributed by atoms with Gasteiger partial charge in [-0.25, -0.2) is 9.59 Å². The number of carboxylic acid groups (broad SMARTS) is 2. The van der Waals surface area contributed by atoms with E-state index in [9.17, 15) is 24.6 Å². The number of aryl methyl sites for hydroxylation is 1. The van der Waals surface area contributed by atoms with E-state index in [0.29, 0.717) is 26.2 Å². The average Bonchev–Trinajstić information content (AvgIpc) is 3.33. The molecule has 1 fully saturated rings. The van der Waals surface area contributed by atoms with Gasteiger partial charge in [0.15, 0.2) is 4.32 Å². The Kier molecular flexibility index (Phi) is 5.68. The van der Waals surface area contributed by atoms with Crippen LogP contribution in [-0.2, 0) is 4.79 Å². The van der Waals surface area contributed by atoms with Gasteiger partial charge < -0.3 is 14.6 Å². The normalized spacial score (nSPS) is 14.9. The Bertz CT molecular complexity index is 1270. The van der Waals surface area contributed by atoms with Crippen molar-refractivity contribution in [1.29, 1.82) is 0 Å². The first-order valence-corrected chi connectivity index (χ1v) is 10.5. The summed E-state index contributed by atoms with van der Waals surface area (Å²) >= 11 is 6.52. The first-order chi connectivity index (χ1) is 15.2. The van der Waals surface area contributed by atoms with E-state index in [1.54, 1.807) is 18.2 Å². The summed E-state index contributed by atoms with van der Waals surface area (Å²) in [6.45, 7) is 1.95. The van der Waals surface area contributed by atoms with Crippen LogP contribution in [0.4, 0.5) is 5.69 Å². The Morgan fingerprint density at radius 3 is 2.22 bits per heavy atom. The zero-order valence-corrected chi connectivity index (χ0v) is 18.2. The van der Waals surface area contributed by atoms with Gasteiger partial charge in [0.25, 0.3) is 5.91 Å². The van der Waals surface area contributed by atoms with Gasteiger partial charge in [-0.05, 0) is 49.4 Å². The summed E-state index contributed by atoms with van der Waals surface area (Å²) in [7, 11) is 0. The molecule has 4 rings (SSSR count). The SMILES string of the molecule is Cc1ccc(N2C(=O)/C(=C/c3ccc(-c4cc(C(=O)O)cc(C(=O)O)c4)o3)SC2=S)cc1. The fourth-order valence-electron chi connectivity index (χ4n) is 3.12. The third-order valence-electron chi connectivity index (χ3n) is 4.70. The lowest BCUT2D eigenvalue weighted by molar-refractivity contribution is -0.113. The number of thiocarbonyl (C=S) groups is 1. The highest BCUT2D eigenvalue weighted by Gasteiger charge is 2.33. The van der Waals surface area contributed by atoms with Gasteiger partial charge in [-0.15, -0.1) is 0 Å². The number of thioether (sulfide) groups is 1. The molecule has 0 spiro atoms. The molecule has 32 heavy (non-hydrogen) atoms. The maximum Gasteiger partial charge on any atom is 0.335 e. The van der Waals surface area contributed by atoms with E-state index in [0.717, 1.165) is 23.4 Å². The summed E-state index contributed by atoms with van der Waals surface area (Å²) in [5.41, 5.74) is 1.70. The van der Waals surface area contributed by atoms with Crippen LogP contribution in [0.3, 0.4) is 0 Å². The number of carbonyl (C=O) groups excluding carboxylic acids is 1. The fraction of sp³-hybridized carbons (Fsp3) is 0.0435. The maximum atomic E-state index is 12.9. The van der Waals surface area contributed by atoms with Crippen LogP contribution >= 0.6 is 24.0 Å². The lowest BCUT2D eigenvalue weighted by Gasteiger charge is -2.14. The molecule has 0 radical (unpaired) electrons. The summed E-state index contributed by atoms with van der Waals surface area (Å²) in [6, 6.07) is 14.4. The van der Waals surface area contributed by atoms with E-state index in [4.69, 9.17) is 16.6 Å². The van der Waals surface area contributed by atoms with Gasteiger partial charge in [-0.2, -0.15) is 0 Å². The van der Waals surface area contributed by atoms with Gasteiger partial charge >= 0.3 is 11.9 Å². The number of benzene rings is 2. The minimum absolute atomic E-state index is 0.170. The number of hydrogen-bond donors (Lipinski definition) is 2. The van der Waals surface area contributed by atoms with Crippen LogP contribution in [-0.4, -0.2) is 32.4 Å². The molecule has 1 aliphatic rings. The molecule has 0 saturated carbocycles. The Labute approximate surface area is 192 Å². The summed E-state index contributed by atoms with van der Waals surface area (Å²) in [5.74, 6) is -2.15. The number of furan rings is 1. The Hall–Kier alpha value is -3.69. The highest BCUT2D eigenvalue weighted by molar-refractivity contribution is 8.27. The molecule has 2 N–H and O–H groups in total. The van der Waals surface area contributed by atoms with Gasteiger partial charge in [0.05, 0.1) is 21.7 Å². The highest BCUT2D eigenvalue weighted by atomic mass is 32.2. The Morgan fingerprint density at radius 2 is 1.62 bits per heavy atom. The molecule has 9 heteroatoms. The molecule has 1 amide bonds. The van der Waals surface area contributed by atoms with Crippen LogP contribution in [0.15, 0.2) is 63.9 Å². The third kappa shape index (κ3) is 4.20. The second-order valence-electron chi connectivity index (χ2n) is 6.96. The van der Waals surface area contributed by atoms with Crippen LogP contribution in [0.1, 0.15) is 32.0 Å². The monoisotopic (exact) mass is 465 g/mol. The van der Waals surface area contributed by atoms with Crippen molar-refractivity contribution in [2.24, 2.45) is 0 Å². The summed E-state index contributed by atoms with van der Waals surface area (Å²) < 4.78 is 6.15. The van der Waals surface area contributed by atoms with E-state index in [1.165, 1.54) is 17.0 Å². The molecular formula is C23H15NO6S2. The van der Waals surface area contributed by atoms with Crippen LogP contribution < -0.4 is 4.90 Å².